The van der Waals surface area contributed by atoms with Gasteiger partial charge in [-0.1, -0.05) is 11.6 Å². The molecule has 0 radical (unpaired) electrons. The summed E-state index contributed by atoms with van der Waals surface area (Å²) in [6.07, 6.45) is 11.5. The Morgan fingerprint density at radius 2 is 1.96 bits per heavy atom. The van der Waals surface area contributed by atoms with Crippen molar-refractivity contribution in [1.82, 2.24) is 19.9 Å². The van der Waals surface area contributed by atoms with Crippen LogP contribution in [0.5, 0.6) is 5.88 Å². The summed E-state index contributed by atoms with van der Waals surface area (Å²) in [5.41, 5.74) is 0. The summed E-state index contributed by atoms with van der Waals surface area (Å²) in [4.78, 5) is 18.9. The van der Waals surface area contributed by atoms with E-state index in [1.165, 1.54) is 25.6 Å². The molecular weight excluding hydrogens is 338 g/mol. The number of nitrogens with zero attached hydrogens (tertiary/aromatic N) is 5. The summed E-state index contributed by atoms with van der Waals surface area (Å²) in [5.74, 6) is 3.97. The van der Waals surface area contributed by atoms with Crippen LogP contribution in [0, 0.1) is 17.8 Å². The number of halogens is 1. The van der Waals surface area contributed by atoms with Crippen molar-refractivity contribution in [3.05, 3.63) is 36.0 Å². The Labute approximate surface area is 152 Å². The fourth-order valence-electron chi connectivity index (χ4n) is 3.86. The molecule has 0 aromatic carbocycles. The van der Waals surface area contributed by atoms with Crippen LogP contribution in [0.4, 0.5) is 5.95 Å². The number of piperidine rings is 1. The second kappa shape index (κ2) is 7.52. The number of anilines is 1. The molecule has 2 aromatic rings. The first-order chi connectivity index (χ1) is 12.3. The van der Waals surface area contributed by atoms with E-state index in [1.54, 1.807) is 24.7 Å². The number of aromatic nitrogens is 4. The third kappa shape index (κ3) is 4.18. The van der Waals surface area contributed by atoms with Crippen molar-refractivity contribution in [1.29, 1.82) is 0 Å². The standard InChI is InChI=1S/C18H22ClN5O/c19-15-10-21-18(22-11-15)24-6-2-13(3-7-24)16-9-14(16)4-8-25-17-1-5-20-12-23-17/h1,5,10-14,16H,2-4,6-9H2. The van der Waals surface area contributed by atoms with Crippen LogP contribution in [-0.4, -0.2) is 39.6 Å². The molecule has 2 fully saturated rings. The van der Waals surface area contributed by atoms with Gasteiger partial charge in [0.15, 0.2) is 0 Å². The molecule has 7 heteroatoms. The van der Waals surface area contributed by atoms with Crippen LogP contribution in [0.2, 0.25) is 5.02 Å². The molecule has 1 aliphatic heterocycles. The van der Waals surface area contributed by atoms with Gasteiger partial charge >= 0.3 is 0 Å². The lowest BCUT2D eigenvalue weighted by atomic mass is 9.90. The van der Waals surface area contributed by atoms with Crippen LogP contribution in [-0.2, 0) is 0 Å². The molecule has 132 valence electrons. The van der Waals surface area contributed by atoms with Gasteiger partial charge in [0.05, 0.1) is 24.0 Å². The molecule has 0 N–H and O–H groups in total. The molecule has 25 heavy (non-hydrogen) atoms. The van der Waals surface area contributed by atoms with E-state index < -0.39 is 0 Å². The van der Waals surface area contributed by atoms with Crippen molar-refractivity contribution in [3.63, 3.8) is 0 Å². The molecule has 1 saturated heterocycles. The topological polar surface area (TPSA) is 64.0 Å². The zero-order chi connectivity index (χ0) is 17.1. The van der Waals surface area contributed by atoms with Crippen LogP contribution in [0.3, 0.4) is 0 Å². The molecule has 6 nitrogen and oxygen atoms in total. The maximum absolute atomic E-state index is 5.86. The summed E-state index contributed by atoms with van der Waals surface area (Å²) in [6.45, 7) is 2.82. The number of hydrogen-bond acceptors (Lipinski definition) is 6. The van der Waals surface area contributed by atoms with E-state index in [0.29, 0.717) is 10.9 Å². The molecule has 2 aromatic heterocycles. The fraction of sp³-hybridized carbons (Fsp3) is 0.556. The second-order valence-electron chi connectivity index (χ2n) is 6.87. The number of ether oxygens (including phenoxy) is 1. The van der Waals surface area contributed by atoms with E-state index in [4.69, 9.17) is 16.3 Å². The van der Waals surface area contributed by atoms with Gasteiger partial charge < -0.3 is 9.64 Å². The lowest BCUT2D eigenvalue weighted by molar-refractivity contribution is 0.275. The van der Waals surface area contributed by atoms with Crippen molar-refractivity contribution < 1.29 is 4.74 Å². The molecule has 3 heterocycles. The SMILES string of the molecule is Clc1cnc(N2CCC(C3CC3CCOc3ccncn3)CC2)nc1. The summed E-state index contributed by atoms with van der Waals surface area (Å²) in [5, 5.41) is 0.587. The van der Waals surface area contributed by atoms with Crippen molar-refractivity contribution in [2.75, 3.05) is 24.6 Å². The third-order valence-corrected chi connectivity index (χ3v) is 5.50. The van der Waals surface area contributed by atoms with Gasteiger partial charge in [0.25, 0.3) is 0 Å². The van der Waals surface area contributed by atoms with E-state index in [2.05, 4.69) is 24.8 Å². The summed E-state index contributed by atoms with van der Waals surface area (Å²) < 4.78 is 5.69. The van der Waals surface area contributed by atoms with Gasteiger partial charge in [-0.3, -0.25) is 0 Å². The quantitative estimate of drug-likeness (QED) is 0.789. The molecule has 2 unspecified atom stereocenters. The third-order valence-electron chi connectivity index (χ3n) is 5.31. The highest BCUT2D eigenvalue weighted by Crippen LogP contribution is 2.49. The second-order valence-corrected chi connectivity index (χ2v) is 7.31. The minimum absolute atomic E-state index is 0.587. The number of hydrogen-bond donors (Lipinski definition) is 0. The Morgan fingerprint density at radius 3 is 2.68 bits per heavy atom. The molecular formula is C18H22ClN5O. The van der Waals surface area contributed by atoms with E-state index in [9.17, 15) is 0 Å². The highest BCUT2D eigenvalue weighted by Gasteiger charge is 2.43. The van der Waals surface area contributed by atoms with Crippen molar-refractivity contribution in [2.45, 2.75) is 25.7 Å². The predicted octanol–water partition coefficient (Wildman–Crippen LogP) is 3.24. The Morgan fingerprint density at radius 1 is 1.16 bits per heavy atom. The summed E-state index contributed by atoms with van der Waals surface area (Å²) in [7, 11) is 0. The Hall–Kier alpha value is -1.95. The molecule has 1 saturated carbocycles. The van der Waals surface area contributed by atoms with E-state index in [1.807, 2.05) is 0 Å². The van der Waals surface area contributed by atoms with Crippen molar-refractivity contribution >= 4 is 17.5 Å². The molecule has 2 atom stereocenters. The van der Waals surface area contributed by atoms with Crippen LogP contribution in [0.25, 0.3) is 0 Å². The zero-order valence-corrected chi connectivity index (χ0v) is 14.8. The first kappa shape index (κ1) is 16.5. The Kier molecular flexibility index (Phi) is 4.97. The highest BCUT2D eigenvalue weighted by atomic mass is 35.5. The first-order valence-electron chi connectivity index (χ1n) is 8.91. The zero-order valence-electron chi connectivity index (χ0n) is 14.1. The van der Waals surface area contributed by atoms with E-state index in [-0.39, 0.29) is 0 Å². The molecule has 1 aliphatic carbocycles. The average Bonchev–Trinajstić information content (AvgIpc) is 3.43. The number of rotatable bonds is 6. The largest absolute Gasteiger partial charge is 0.478 e. The van der Waals surface area contributed by atoms with Crippen LogP contribution in [0.1, 0.15) is 25.7 Å². The average molecular weight is 360 g/mol. The van der Waals surface area contributed by atoms with Crippen molar-refractivity contribution in [3.8, 4) is 5.88 Å². The maximum Gasteiger partial charge on any atom is 0.225 e. The molecule has 0 spiro atoms. The molecule has 0 amide bonds. The van der Waals surface area contributed by atoms with Crippen LogP contribution < -0.4 is 9.64 Å². The lowest BCUT2D eigenvalue weighted by Gasteiger charge is -2.32. The minimum Gasteiger partial charge on any atom is -0.478 e. The normalized spacial score (nSPS) is 23.5. The first-order valence-corrected chi connectivity index (χ1v) is 9.28. The molecule has 0 bridgehead atoms. The Bertz CT molecular complexity index is 676. The predicted molar refractivity (Wildman–Crippen MR) is 95.7 cm³/mol. The molecule has 2 aliphatic rings. The maximum atomic E-state index is 5.86. The van der Waals surface area contributed by atoms with Gasteiger partial charge in [-0.2, -0.15) is 0 Å². The summed E-state index contributed by atoms with van der Waals surface area (Å²) >= 11 is 5.86. The van der Waals surface area contributed by atoms with Gasteiger partial charge in [-0.15, -0.1) is 0 Å². The van der Waals surface area contributed by atoms with Crippen LogP contribution >= 0.6 is 11.6 Å². The van der Waals surface area contributed by atoms with E-state index in [0.717, 1.165) is 49.8 Å². The Balaban J connectivity index is 1.18. The van der Waals surface area contributed by atoms with Crippen molar-refractivity contribution in [2.24, 2.45) is 17.8 Å². The van der Waals surface area contributed by atoms with Gasteiger partial charge in [0.1, 0.15) is 6.33 Å². The molecule has 4 rings (SSSR count). The highest BCUT2D eigenvalue weighted by molar-refractivity contribution is 6.30. The van der Waals surface area contributed by atoms with Crippen LogP contribution in [0.15, 0.2) is 31.0 Å². The monoisotopic (exact) mass is 359 g/mol. The smallest absolute Gasteiger partial charge is 0.225 e. The summed E-state index contributed by atoms with van der Waals surface area (Å²) in [6, 6.07) is 1.80. The van der Waals surface area contributed by atoms with E-state index >= 15 is 0 Å². The van der Waals surface area contributed by atoms with Gasteiger partial charge in [0, 0.05) is 25.4 Å². The van der Waals surface area contributed by atoms with Gasteiger partial charge in [0.2, 0.25) is 11.8 Å². The van der Waals surface area contributed by atoms with Gasteiger partial charge in [-0.05, 0) is 43.4 Å². The van der Waals surface area contributed by atoms with Gasteiger partial charge in [-0.25, -0.2) is 19.9 Å². The lowest BCUT2D eigenvalue weighted by Crippen LogP contribution is -2.35. The fourth-order valence-corrected chi connectivity index (χ4v) is 3.95. The minimum atomic E-state index is 0.587.